The van der Waals surface area contributed by atoms with E-state index in [0.29, 0.717) is 10.2 Å². The number of hydrogen-bond donors (Lipinski definition) is 1. The second-order valence-electron chi connectivity index (χ2n) is 6.80. The van der Waals surface area contributed by atoms with E-state index in [4.69, 9.17) is 5.11 Å². The maximum atomic E-state index is 12.3. The van der Waals surface area contributed by atoms with Crippen LogP contribution >= 0.6 is 0 Å². The molecule has 0 aromatic heterocycles. The molecule has 3 N–H and O–H groups in total. The fourth-order valence-electron chi connectivity index (χ4n) is 1.40. The number of halogens is 3. The summed E-state index contributed by atoms with van der Waals surface area (Å²) in [6.07, 6.45) is -4.26. The lowest BCUT2D eigenvalue weighted by molar-refractivity contribution is -0.870. The van der Waals surface area contributed by atoms with E-state index in [-0.39, 0.29) is 17.6 Å². The minimum Gasteiger partial charge on any atom is -0.870 e. The van der Waals surface area contributed by atoms with Gasteiger partial charge in [-0.2, -0.15) is 13.2 Å². The first kappa shape index (κ1) is 26.7. The Morgan fingerprint density at radius 3 is 1.70 bits per heavy atom. The summed E-state index contributed by atoms with van der Waals surface area (Å²) >= 11 is 0. The highest BCUT2D eigenvalue weighted by molar-refractivity contribution is 5.44. The first-order chi connectivity index (χ1) is 9.27. The van der Waals surface area contributed by atoms with Crippen molar-refractivity contribution >= 4 is 5.69 Å². The van der Waals surface area contributed by atoms with E-state index in [1.54, 1.807) is 6.07 Å². The smallest absolute Gasteiger partial charge is 0.416 e. The molecule has 0 heterocycles. The molecule has 0 aliphatic heterocycles. The van der Waals surface area contributed by atoms with Gasteiger partial charge in [-0.3, -0.25) is 4.48 Å². The molecule has 138 valence electrons. The molecule has 23 heavy (non-hydrogen) atoms. The minimum absolute atomic E-state index is 0. The summed E-state index contributed by atoms with van der Waals surface area (Å²) in [5.41, 5.74) is 0.0443. The summed E-state index contributed by atoms with van der Waals surface area (Å²) < 4.78 is 38.3. The molecular weight excluding hydrogens is 313 g/mol. The summed E-state index contributed by atoms with van der Waals surface area (Å²) in [5.74, 6) is 0. The average molecular weight is 342 g/mol. The van der Waals surface area contributed by atoms with Crippen LogP contribution in [0.15, 0.2) is 24.3 Å². The second-order valence-corrected chi connectivity index (χ2v) is 6.80. The fourth-order valence-corrected chi connectivity index (χ4v) is 1.40. The van der Waals surface area contributed by atoms with Crippen molar-refractivity contribution in [2.24, 2.45) is 0 Å². The van der Waals surface area contributed by atoms with Crippen LogP contribution < -0.4 is 4.48 Å². The van der Waals surface area contributed by atoms with Crippen LogP contribution in [-0.4, -0.2) is 76.0 Å². The van der Waals surface area contributed by atoms with Gasteiger partial charge in [0.15, 0.2) is 0 Å². The number of benzene rings is 1. The summed E-state index contributed by atoms with van der Waals surface area (Å²) in [6.45, 7) is 1.11. The van der Waals surface area contributed by atoms with Gasteiger partial charge < -0.3 is 20.5 Å². The van der Waals surface area contributed by atoms with E-state index in [1.807, 2.05) is 21.1 Å². The van der Waals surface area contributed by atoms with Crippen LogP contribution in [-0.2, 0) is 6.18 Å². The third-order valence-corrected chi connectivity index (χ3v) is 2.72. The highest BCUT2D eigenvalue weighted by atomic mass is 19.4. The van der Waals surface area contributed by atoms with Crippen LogP contribution in [0.4, 0.5) is 18.9 Å². The molecule has 1 aromatic carbocycles. The van der Waals surface area contributed by atoms with E-state index >= 15 is 0 Å². The maximum Gasteiger partial charge on any atom is 0.416 e. The van der Waals surface area contributed by atoms with Gasteiger partial charge in [-0.05, 0) is 12.1 Å². The standard InChI is InChI=1S/C10H13F3N.C5H14NO.2H2O/c1-14(2,3)9-6-4-5-8(7-9)10(11,12)13;1-6(2,3)4-5-7;;/h4-7H,1-3H3;7H,4-5H2,1-3H3;2*1H2/q2*+1;;/p-2. The van der Waals surface area contributed by atoms with Gasteiger partial charge in [0.2, 0.25) is 0 Å². The lowest BCUT2D eigenvalue weighted by atomic mass is 10.2. The van der Waals surface area contributed by atoms with Crippen molar-refractivity contribution < 1.29 is 33.7 Å². The minimum atomic E-state index is -4.26. The Balaban J connectivity index is -0.000000386. The summed E-state index contributed by atoms with van der Waals surface area (Å²) in [6, 6.07) is 5.38. The zero-order chi connectivity index (χ0) is 16.9. The van der Waals surface area contributed by atoms with Crippen molar-refractivity contribution in [2.45, 2.75) is 6.18 Å². The zero-order valence-electron chi connectivity index (χ0n) is 14.6. The van der Waals surface area contributed by atoms with Crippen molar-refractivity contribution in [2.75, 3.05) is 55.4 Å². The van der Waals surface area contributed by atoms with Crippen molar-refractivity contribution in [3.05, 3.63) is 29.8 Å². The summed E-state index contributed by atoms with van der Waals surface area (Å²) in [4.78, 5) is 0. The monoisotopic (exact) mass is 342 g/mol. The SMILES string of the molecule is C[N+](C)(C)CCO.C[N+](C)(C)c1cccc(C(F)(F)F)c1.[OH-].[OH-]. The normalized spacial score (nSPS) is 11.6. The van der Waals surface area contributed by atoms with Crippen LogP contribution in [0.1, 0.15) is 5.56 Å². The van der Waals surface area contributed by atoms with E-state index in [2.05, 4.69) is 21.1 Å². The molecule has 0 aliphatic carbocycles. The lowest BCUT2D eigenvalue weighted by Crippen LogP contribution is -2.36. The molecule has 0 fully saturated rings. The number of alkyl halides is 3. The van der Waals surface area contributed by atoms with Gasteiger partial charge in [0.05, 0.1) is 54.5 Å². The summed E-state index contributed by atoms with van der Waals surface area (Å²) in [5, 5.41) is 8.39. The van der Waals surface area contributed by atoms with Crippen molar-refractivity contribution in [1.82, 2.24) is 4.48 Å². The van der Waals surface area contributed by atoms with Crippen LogP contribution in [0.3, 0.4) is 0 Å². The molecule has 0 aliphatic rings. The van der Waals surface area contributed by atoms with Crippen LogP contribution in [0.2, 0.25) is 0 Å². The lowest BCUT2D eigenvalue weighted by Gasteiger charge is -2.24. The summed E-state index contributed by atoms with van der Waals surface area (Å²) in [7, 11) is 11.6. The third kappa shape index (κ3) is 12.0. The van der Waals surface area contributed by atoms with Gasteiger partial charge >= 0.3 is 6.18 Å². The molecule has 0 radical (unpaired) electrons. The zero-order valence-corrected chi connectivity index (χ0v) is 14.6. The Kier molecular flexibility index (Phi) is 11.4. The Bertz CT molecular complexity index is 410. The highest BCUT2D eigenvalue weighted by Gasteiger charge is 2.31. The molecule has 0 amide bonds. The Labute approximate surface area is 136 Å². The quantitative estimate of drug-likeness (QED) is 0.856. The number of quaternary nitrogens is 2. The number of hydrogen-bond acceptors (Lipinski definition) is 3. The highest BCUT2D eigenvalue weighted by Crippen LogP contribution is 2.32. The predicted molar refractivity (Wildman–Crippen MR) is 84.9 cm³/mol. The molecule has 0 atom stereocenters. The Hall–Kier alpha value is -1.19. The first-order valence-electron chi connectivity index (χ1n) is 6.68. The van der Waals surface area contributed by atoms with Gasteiger partial charge in [0, 0.05) is 6.07 Å². The molecular formula is C15H29F3N2O3. The Morgan fingerprint density at radius 2 is 1.43 bits per heavy atom. The van der Waals surface area contributed by atoms with Gasteiger partial charge in [-0.1, -0.05) is 6.07 Å². The third-order valence-electron chi connectivity index (χ3n) is 2.72. The van der Waals surface area contributed by atoms with Crippen LogP contribution in [0, 0.1) is 0 Å². The van der Waals surface area contributed by atoms with Gasteiger partial charge in [0.25, 0.3) is 0 Å². The maximum absolute atomic E-state index is 12.3. The fraction of sp³-hybridized carbons (Fsp3) is 0.600. The van der Waals surface area contributed by atoms with Crippen LogP contribution in [0.5, 0.6) is 0 Å². The van der Waals surface area contributed by atoms with Crippen LogP contribution in [0.25, 0.3) is 0 Å². The van der Waals surface area contributed by atoms with E-state index < -0.39 is 11.7 Å². The molecule has 1 aromatic rings. The van der Waals surface area contributed by atoms with E-state index in [0.717, 1.165) is 17.1 Å². The molecule has 0 saturated carbocycles. The number of aliphatic hydroxyl groups excluding tert-OH is 1. The molecule has 1 rings (SSSR count). The number of rotatable bonds is 3. The largest absolute Gasteiger partial charge is 0.870 e. The van der Waals surface area contributed by atoms with E-state index in [9.17, 15) is 13.2 Å². The topological polar surface area (TPSA) is 80.2 Å². The van der Waals surface area contributed by atoms with Gasteiger partial charge in [-0.15, -0.1) is 0 Å². The number of likely N-dealkylation sites (N-methyl/N-ethyl adjacent to an activating group) is 1. The molecule has 0 saturated heterocycles. The van der Waals surface area contributed by atoms with E-state index in [1.165, 1.54) is 12.1 Å². The molecule has 0 bridgehead atoms. The van der Waals surface area contributed by atoms with Crippen molar-refractivity contribution in [3.63, 3.8) is 0 Å². The van der Waals surface area contributed by atoms with Gasteiger partial charge in [0.1, 0.15) is 12.2 Å². The molecule has 0 spiro atoms. The number of aliphatic hydroxyl groups is 1. The second kappa shape index (κ2) is 9.84. The first-order valence-corrected chi connectivity index (χ1v) is 6.68. The average Bonchev–Trinajstić information content (AvgIpc) is 2.26. The van der Waals surface area contributed by atoms with Crippen molar-refractivity contribution in [3.8, 4) is 0 Å². The molecule has 8 heteroatoms. The Morgan fingerprint density at radius 1 is 0.957 bits per heavy atom. The predicted octanol–water partition coefficient (Wildman–Crippen LogP) is 2.23. The van der Waals surface area contributed by atoms with Gasteiger partial charge in [-0.25, -0.2) is 0 Å². The molecule has 5 nitrogen and oxygen atoms in total. The number of nitrogens with zero attached hydrogens (tertiary/aromatic N) is 2. The molecule has 0 unspecified atom stereocenters. The van der Waals surface area contributed by atoms with Crippen molar-refractivity contribution in [1.29, 1.82) is 0 Å².